The lowest BCUT2D eigenvalue weighted by Crippen LogP contribution is -2.29. The Bertz CT molecular complexity index is 379. The van der Waals surface area contributed by atoms with E-state index in [-0.39, 0.29) is 17.2 Å². The molecule has 0 aliphatic carbocycles. The molecule has 1 aromatic rings. The number of halogens is 1. The molecule has 1 heterocycles. The molecule has 0 radical (unpaired) electrons. The van der Waals surface area contributed by atoms with Crippen molar-refractivity contribution < 1.29 is 4.39 Å². The zero-order chi connectivity index (χ0) is 10.0. The molecule has 0 bridgehead atoms. The third-order valence-corrected chi connectivity index (χ3v) is 1.72. The summed E-state index contributed by atoms with van der Waals surface area (Å²) in [4.78, 5) is 0. The van der Waals surface area contributed by atoms with Crippen LogP contribution in [0.25, 0.3) is 0 Å². The molecule has 0 atom stereocenters. The van der Waals surface area contributed by atoms with Crippen LogP contribution in [0.3, 0.4) is 0 Å². The summed E-state index contributed by atoms with van der Waals surface area (Å²) in [6.07, 6.45) is 1.16. The van der Waals surface area contributed by atoms with E-state index in [0.717, 1.165) is 6.20 Å². The molecule has 1 rings (SSSR count). The average molecular weight is 181 g/mol. The molecule has 0 aromatic carbocycles. The first-order valence-corrected chi connectivity index (χ1v) is 4.04. The smallest absolute Gasteiger partial charge is 0.139 e. The van der Waals surface area contributed by atoms with E-state index in [1.54, 1.807) is 0 Å². The Morgan fingerprint density at radius 2 is 2.08 bits per heavy atom. The van der Waals surface area contributed by atoms with E-state index in [2.05, 4.69) is 0 Å². The summed E-state index contributed by atoms with van der Waals surface area (Å²) in [7, 11) is 0. The van der Waals surface area contributed by atoms with Crippen LogP contribution < -0.4 is 5.49 Å². The number of nitrogens with one attached hydrogen (secondary N) is 2. The molecule has 0 fully saturated rings. The lowest BCUT2D eigenvalue weighted by atomic mass is 10.2. The quantitative estimate of drug-likeness (QED) is 0.488. The zero-order valence-electron chi connectivity index (χ0n) is 7.63. The SMILES string of the molecule is CC(C)C(=N)n1cc(F)ccc1=N. The Kier molecular flexibility index (Phi) is 2.60. The Balaban J connectivity index is 3.21. The van der Waals surface area contributed by atoms with Gasteiger partial charge in [0.05, 0.1) is 0 Å². The van der Waals surface area contributed by atoms with Crippen LogP contribution in [0.4, 0.5) is 4.39 Å². The van der Waals surface area contributed by atoms with Gasteiger partial charge < -0.3 is 0 Å². The van der Waals surface area contributed by atoms with Crippen molar-refractivity contribution >= 4 is 5.84 Å². The van der Waals surface area contributed by atoms with E-state index < -0.39 is 5.82 Å². The first kappa shape index (κ1) is 9.64. The summed E-state index contributed by atoms with van der Waals surface area (Å²) >= 11 is 0. The molecule has 0 amide bonds. The Hall–Kier alpha value is -1.45. The number of aromatic nitrogens is 1. The van der Waals surface area contributed by atoms with E-state index in [9.17, 15) is 4.39 Å². The minimum absolute atomic E-state index is 0.0177. The first-order valence-electron chi connectivity index (χ1n) is 4.04. The largest absolute Gasteiger partial charge is 0.288 e. The fourth-order valence-electron chi connectivity index (χ4n) is 0.952. The van der Waals surface area contributed by atoms with Crippen LogP contribution in [0.2, 0.25) is 0 Å². The number of pyridine rings is 1. The molecule has 2 N–H and O–H groups in total. The van der Waals surface area contributed by atoms with Gasteiger partial charge in [-0.15, -0.1) is 0 Å². The number of hydrogen-bond acceptors (Lipinski definition) is 2. The Labute approximate surface area is 75.9 Å². The highest BCUT2D eigenvalue weighted by molar-refractivity contribution is 5.82. The highest BCUT2D eigenvalue weighted by Gasteiger charge is 2.05. The summed E-state index contributed by atoms with van der Waals surface area (Å²) in [6.45, 7) is 3.67. The van der Waals surface area contributed by atoms with Crippen LogP contribution in [-0.4, -0.2) is 10.4 Å². The van der Waals surface area contributed by atoms with Crippen molar-refractivity contribution in [1.82, 2.24) is 4.57 Å². The summed E-state index contributed by atoms with van der Waals surface area (Å²) in [5.41, 5.74) is 0.125. The molecule has 0 aliphatic heterocycles. The van der Waals surface area contributed by atoms with Gasteiger partial charge in [-0.25, -0.2) is 4.39 Å². The van der Waals surface area contributed by atoms with Crippen molar-refractivity contribution in [2.75, 3.05) is 0 Å². The second kappa shape index (κ2) is 3.51. The van der Waals surface area contributed by atoms with Gasteiger partial charge >= 0.3 is 0 Å². The summed E-state index contributed by atoms with van der Waals surface area (Å²) in [5, 5.41) is 15.0. The van der Waals surface area contributed by atoms with Gasteiger partial charge in [0, 0.05) is 12.1 Å². The fourth-order valence-corrected chi connectivity index (χ4v) is 0.952. The predicted molar refractivity (Wildman–Crippen MR) is 48.2 cm³/mol. The van der Waals surface area contributed by atoms with E-state index in [4.69, 9.17) is 10.8 Å². The molecule has 3 nitrogen and oxygen atoms in total. The summed E-state index contributed by atoms with van der Waals surface area (Å²) < 4.78 is 14.0. The van der Waals surface area contributed by atoms with Crippen LogP contribution in [0.5, 0.6) is 0 Å². The van der Waals surface area contributed by atoms with Crippen LogP contribution in [-0.2, 0) is 0 Å². The molecule has 0 saturated carbocycles. The van der Waals surface area contributed by atoms with Crippen LogP contribution in [0.1, 0.15) is 13.8 Å². The van der Waals surface area contributed by atoms with Gasteiger partial charge in [0.1, 0.15) is 17.1 Å². The maximum absolute atomic E-state index is 12.8. The lowest BCUT2D eigenvalue weighted by molar-refractivity contribution is 0.610. The van der Waals surface area contributed by atoms with Gasteiger partial charge in [0.2, 0.25) is 0 Å². The Morgan fingerprint density at radius 3 is 2.62 bits per heavy atom. The highest BCUT2D eigenvalue weighted by Crippen LogP contribution is 1.98. The molecular formula is C9H12FN3. The van der Waals surface area contributed by atoms with Crippen molar-refractivity contribution in [2.24, 2.45) is 5.92 Å². The minimum Gasteiger partial charge on any atom is -0.288 e. The molecule has 1 aromatic heterocycles. The molecule has 13 heavy (non-hydrogen) atoms. The fraction of sp³-hybridized carbons (Fsp3) is 0.333. The highest BCUT2D eigenvalue weighted by atomic mass is 19.1. The van der Waals surface area contributed by atoms with Crippen molar-refractivity contribution in [3.8, 4) is 0 Å². The monoisotopic (exact) mass is 181 g/mol. The van der Waals surface area contributed by atoms with Crippen molar-refractivity contribution in [3.63, 3.8) is 0 Å². The lowest BCUT2D eigenvalue weighted by Gasteiger charge is -2.10. The van der Waals surface area contributed by atoms with E-state index >= 15 is 0 Å². The van der Waals surface area contributed by atoms with Gasteiger partial charge in [-0.1, -0.05) is 13.8 Å². The van der Waals surface area contributed by atoms with Crippen LogP contribution in [0.15, 0.2) is 18.3 Å². The molecule has 0 saturated heterocycles. The third-order valence-electron chi connectivity index (χ3n) is 1.72. The third kappa shape index (κ3) is 2.02. The van der Waals surface area contributed by atoms with Gasteiger partial charge in [-0.2, -0.15) is 0 Å². The Morgan fingerprint density at radius 1 is 1.46 bits per heavy atom. The maximum atomic E-state index is 12.8. The van der Waals surface area contributed by atoms with Crippen LogP contribution in [0, 0.1) is 22.6 Å². The van der Waals surface area contributed by atoms with Crippen LogP contribution >= 0.6 is 0 Å². The second-order valence-corrected chi connectivity index (χ2v) is 3.14. The predicted octanol–water partition coefficient (Wildman–Crippen LogP) is 1.59. The second-order valence-electron chi connectivity index (χ2n) is 3.14. The number of hydrogen-bond donors (Lipinski definition) is 2. The van der Waals surface area contributed by atoms with Gasteiger partial charge in [0.15, 0.2) is 0 Å². The standard InChI is InChI=1S/C9H12FN3/c1-6(2)9(12)13-5-7(10)3-4-8(13)11/h3-6,11-12H,1-2H3. The molecule has 0 unspecified atom stereocenters. The van der Waals surface area contributed by atoms with Crippen molar-refractivity contribution in [1.29, 1.82) is 10.8 Å². The van der Waals surface area contributed by atoms with E-state index in [1.165, 1.54) is 16.7 Å². The molecule has 70 valence electrons. The van der Waals surface area contributed by atoms with Crippen molar-refractivity contribution in [3.05, 3.63) is 29.6 Å². The maximum Gasteiger partial charge on any atom is 0.139 e. The van der Waals surface area contributed by atoms with Gasteiger partial charge in [-0.3, -0.25) is 15.4 Å². The van der Waals surface area contributed by atoms with Crippen molar-refractivity contribution in [2.45, 2.75) is 13.8 Å². The zero-order valence-corrected chi connectivity index (χ0v) is 7.63. The van der Waals surface area contributed by atoms with E-state index in [0.29, 0.717) is 0 Å². The molecule has 0 spiro atoms. The number of nitrogens with zero attached hydrogens (tertiary/aromatic N) is 1. The molecular weight excluding hydrogens is 169 g/mol. The topological polar surface area (TPSA) is 52.6 Å². The molecule has 0 aliphatic rings. The van der Waals surface area contributed by atoms with Gasteiger partial charge in [-0.05, 0) is 12.1 Å². The minimum atomic E-state index is -0.429. The number of rotatable bonds is 1. The summed E-state index contributed by atoms with van der Waals surface area (Å²) in [5.74, 6) is -0.221. The summed E-state index contributed by atoms with van der Waals surface area (Å²) in [6, 6.07) is 2.55. The first-order chi connectivity index (χ1) is 6.02. The van der Waals surface area contributed by atoms with Gasteiger partial charge in [0.25, 0.3) is 0 Å². The van der Waals surface area contributed by atoms with E-state index in [1.807, 2.05) is 13.8 Å². The normalized spacial score (nSPS) is 10.5. The average Bonchev–Trinajstić information content (AvgIpc) is 2.08. The molecule has 4 heteroatoms.